The lowest BCUT2D eigenvalue weighted by atomic mass is 9.80. The number of nitrogens with zero attached hydrogens (tertiary/aromatic N) is 1. The number of carbonyl (C=O) groups excluding carboxylic acids is 2. The van der Waals surface area contributed by atoms with Crippen molar-refractivity contribution in [1.29, 1.82) is 0 Å². The maximum absolute atomic E-state index is 13.0. The third-order valence-corrected chi connectivity index (χ3v) is 4.92. The highest BCUT2D eigenvalue weighted by Crippen LogP contribution is 2.30. The van der Waals surface area contributed by atoms with E-state index in [0.29, 0.717) is 25.2 Å². The Labute approximate surface area is 153 Å². The van der Waals surface area contributed by atoms with Crippen LogP contribution >= 0.6 is 0 Å². The summed E-state index contributed by atoms with van der Waals surface area (Å²) in [6, 6.07) is 15.2. The fourth-order valence-corrected chi connectivity index (χ4v) is 3.36. The van der Waals surface area contributed by atoms with Crippen LogP contribution < -0.4 is 5.32 Å². The minimum absolute atomic E-state index is 0.0390. The normalized spacial score (nSPS) is 19.8. The standard InChI is InChI=1S/C21H23FN2O2/c1-21(20(26)23-14-16-8-10-18(22)11-9-16)12-5-13-24(15-21)19(25)17-6-3-2-4-7-17/h2-4,6-11H,5,12-15H2,1H3,(H,23,26). The van der Waals surface area contributed by atoms with Gasteiger partial charge in [-0.3, -0.25) is 9.59 Å². The van der Waals surface area contributed by atoms with Crippen molar-refractivity contribution in [2.75, 3.05) is 13.1 Å². The van der Waals surface area contributed by atoms with E-state index in [9.17, 15) is 14.0 Å². The summed E-state index contributed by atoms with van der Waals surface area (Å²) in [6.45, 7) is 3.31. The third kappa shape index (κ3) is 4.10. The van der Waals surface area contributed by atoms with E-state index in [0.717, 1.165) is 18.4 Å². The molecule has 3 rings (SSSR count). The molecule has 1 saturated heterocycles. The molecule has 0 aromatic heterocycles. The number of likely N-dealkylation sites (tertiary alicyclic amines) is 1. The Bertz CT molecular complexity index is 776. The molecule has 1 heterocycles. The van der Waals surface area contributed by atoms with Crippen LogP contribution in [0.1, 0.15) is 35.7 Å². The summed E-state index contributed by atoms with van der Waals surface area (Å²) >= 11 is 0. The molecule has 2 aromatic rings. The highest BCUT2D eigenvalue weighted by molar-refractivity contribution is 5.95. The number of piperidine rings is 1. The second kappa shape index (κ2) is 7.68. The van der Waals surface area contributed by atoms with Gasteiger partial charge in [-0.25, -0.2) is 4.39 Å². The van der Waals surface area contributed by atoms with Gasteiger partial charge in [0.05, 0.1) is 5.41 Å². The van der Waals surface area contributed by atoms with Crippen LogP contribution in [-0.4, -0.2) is 29.8 Å². The molecule has 1 aliphatic rings. The van der Waals surface area contributed by atoms with Gasteiger partial charge >= 0.3 is 0 Å². The quantitative estimate of drug-likeness (QED) is 0.915. The lowest BCUT2D eigenvalue weighted by molar-refractivity contribution is -0.132. The summed E-state index contributed by atoms with van der Waals surface area (Å²) in [5.41, 5.74) is 0.864. The van der Waals surface area contributed by atoms with Gasteiger partial charge in [0.15, 0.2) is 0 Å². The van der Waals surface area contributed by atoms with Crippen molar-refractivity contribution in [1.82, 2.24) is 10.2 Å². The number of nitrogens with one attached hydrogen (secondary N) is 1. The monoisotopic (exact) mass is 354 g/mol. The minimum Gasteiger partial charge on any atom is -0.351 e. The summed E-state index contributed by atoms with van der Waals surface area (Å²) < 4.78 is 13.0. The second-order valence-electron chi connectivity index (χ2n) is 7.07. The van der Waals surface area contributed by atoms with Gasteiger partial charge in [-0.2, -0.15) is 0 Å². The van der Waals surface area contributed by atoms with E-state index in [1.54, 1.807) is 29.2 Å². The predicted molar refractivity (Wildman–Crippen MR) is 97.9 cm³/mol. The number of carbonyl (C=O) groups is 2. The number of hydrogen-bond donors (Lipinski definition) is 1. The number of benzene rings is 2. The van der Waals surface area contributed by atoms with Crippen LogP contribution in [0.25, 0.3) is 0 Å². The summed E-state index contributed by atoms with van der Waals surface area (Å²) in [7, 11) is 0. The number of rotatable bonds is 4. The fourth-order valence-electron chi connectivity index (χ4n) is 3.36. The van der Waals surface area contributed by atoms with Gasteiger partial charge in [0.25, 0.3) is 5.91 Å². The summed E-state index contributed by atoms with van der Waals surface area (Å²) in [5.74, 6) is -0.412. The molecule has 4 nitrogen and oxygen atoms in total. The van der Waals surface area contributed by atoms with Gasteiger partial charge in [0.1, 0.15) is 5.82 Å². The summed E-state index contributed by atoms with van der Waals surface area (Å²) in [4.78, 5) is 27.2. The zero-order valence-electron chi connectivity index (χ0n) is 14.9. The van der Waals surface area contributed by atoms with Crippen LogP contribution in [0.5, 0.6) is 0 Å². The molecule has 26 heavy (non-hydrogen) atoms. The molecule has 1 unspecified atom stereocenters. The van der Waals surface area contributed by atoms with Gasteiger partial charge < -0.3 is 10.2 Å². The average Bonchev–Trinajstić information content (AvgIpc) is 2.67. The Morgan fingerprint density at radius 3 is 2.50 bits per heavy atom. The van der Waals surface area contributed by atoms with Crippen LogP contribution in [0.15, 0.2) is 54.6 Å². The maximum atomic E-state index is 13.0. The lowest BCUT2D eigenvalue weighted by Crippen LogP contribution is -2.51. The van der Waals surface area contributed by atoms with E-state index in [1.165, 1.54) is 12.1 Å². The van der Waals surface area contributed by atoms with Crippen molar-refractivity contribution in [2.45, 2.75) is 26.3 Å². The molecule has 0 saturated carbocycles. The van der Waals surface area contributed by atoms with Gasteiger partial charge in [0.2, 0.25) is 5.91 Å². The Morgan fingerprint density at radius 1 is 1.12 bits per heavy atom. The molecule has 1 aliphatic heterocycles. The van der Waals surface area contributed by atoms with E-state index < -0.39 is 5.41 Å². The Hall–Kier alpha value is -2.69. The molecule has 2 aromatic carbocycles. The summed E-state index contributed by atoms with van der Waals surface area (Å²) in [5, 5.41) is 2.93. The first-order valence-electron chi connectivity index (χ1n) is 8.85. The van der Waals surface area contributed by atoms with Crippen LogP contribution in [0, 0.1) is 11.2 Å². The Balaban J connectivity index is 1.63. The van der Waals surface area contributed by atoms with Gasteiger partial charge in [0, 0.05) is 25.2 Å². The molecular formula is C21H23FN2O2. The predicted octanol–water partition coefficient (Wildman–Crippen LogP) is 3.38. The smallest absolute Gasteiger partial charge is 0.253 e. The summed E-state index contributed by atoms with van der Waals surface area (Å²) in [6.07, 6.45) is 1.53. The van der Waals surface area contributed by atoms with Crippen LogP contribution in [0.3, 0.4) is 0 Å². The molecule has 0 radical (unpaired) electrons. The fraction of sp³-hybridized carbons (Fsp3) is 0.333. The van der Waals surface area contributed by atoms with Crippen molar-refractivity contribution in [3.8, 4) is 0 Å². The highest BCUT2D eigenvalue weighted by Gasteiger charge is 2.39. The lowest BCUT2D eigenvalue weighted by Gasteiger charge is -2.39. The molecule has 2 amide bonds. The van der Waals surface area contributed by atoms with E-state index in [1.807, 2.05) is 25.1 Å². The second-order valence-corrected chi connectivity index (χ2v) is 7.07. The minimum atomic E-state index is -0.622. The zero-order chi connectivity index (χ0) is 18.6. The van der Waals surface area contributed by atoms with Crippen molar-refractivity contribution < 1.29 is 14.0 Å². The highest BCUT2D eigenvalue weighted by atomic mass is 19.1. The van der Waals surface area contributed by atoms with Crippen molar-refractivity contribution in [2.24, 2.45) is 5.41 Å². The first kappa shape index (κ1) is 18.1. The van der Waals surface area contributed by atoms with Crippen molar-refractivity contribution in [3.63, 3.8) is 0 Å². The zero-order valence-corrected chi connectivity index (χ0v) is 14.9. The number of halogens is 1. The topological polar surface area (TPSA) is 49.4 Å². The molecule has 0 bridgehead atoms. The maximum Gasteiger partial charge on any atom is 0.253 e. The Kier molecular flexibility index (Phi) is 5.35. The molecule has 136 valence electrons. The first-order chi connectivity index (χ1) is 12.5. The van der Waals surface area contributed by atoms with E-state index in [4.69, 9.17) is 0 Å². The van der Waals surface area contributed by atoms with Gasteiger partial charge in [-0.1, -0.05) is 30.3 Å². The molecule has 1 atom stereocenters. The molecule has 1 fully saturated rings. The van der Waals surface area contributed by atoms with Gasteiger partial charge in [-0.05, 0) is 49.6 Å². The number of hydrogen-bond acceptors (Lipinski definition) is 2. The van der Waals surface area contributed by atoms with Gasteiger partial charge in [-0.15, -0.1) is 0 Å². The van der Waals surface area contributed by atoms with E-state index >= 15 is 0 Å². The molecule has 0 spiro atoms. The largest absolute Gasteiger partial charge is 0.351 e. The van der Waals surface area contributed by atoms with Crippen molar-refractivity contribution >= 4 is 11.8 Å². The molecular weight excluding hydrogens is 331 g/mol. The van der Waals surface area contributed by atoms with E-state index in [2.05, 4.69) is 5.32 Å². The van der Waals surface area contributed by atoms with Crippen molar-refractivity contribution in [3.05, 3.63) is 71.5 Å². The number of amides is 2. The van der Waals surface area contributed by atoms with Crippen LogP contribution in [0.4, 0.5) is 4.39 Å². The molecule has 1 N–H and O–H groups in total. The SMILES string of the molecule is CC1(C(=O)NCc2ccc(F)cc2)CCCN(C(=O)c2ccccc2)C1. The first-order valence-corrected chi connectivity index (χ1v) is 8.85. The molecule has 0 aliphatic carbocycles. The third-order valence-electron chi connectivity index (χ3n) is 4.92. The van der Waals surface area contributed by atoms with Crippen LogP contribution in [-0.2, 0) is 11.3 Å². The molecule has 5 heteroatoms. The average molecular weight is 354 g/mol. The Morgan fingerprint density at radius 2 is 1.81 bits per heavy atom. The van der Waals surface area contributed by atoms with Crippen LogP contribution in [0.2, 0.25) is 0 Å². The van der Waals surface area contributed by atoms with E-state index in [-0.39, 0.29) is 17.6 Å².